The number of carbonyl (C=O) groups is 2. The highest BCUT2D eigenvalue weighted by Crippen LogP contribution is 2.27. The zero-order valence-corrected chi connectivity index (χ0v) is 23.2. The molecule has 196 valence electrons. The van der Waals surface area contributed by atoms with Gasteiger partial charge >= 0.3 is 0 Å². The number of ether oxygens (including phenoxy) is 1. The van der Waals surface area contributed by atoms with E-state index in [2.05, 4.69) is 27.4 Å². The van der Waals surface area contributed by atoms with E-state index in [0.29, 0.717) is 40.4 Å². The second-order valence-electron chi connectivity index (χ2n) is 8.35. The smallest absolute Gasteiger partial charge is 0.253 e. The molecule has 1 atom stereocenters. The summed E-state index contributed by atoms with van der Waals surface area (Å²) < 4.78 is 7.27. The van der Waals surface area contributed by atoms with E-state index in [4.69, 9.17) is 27.9 Å². The van der Waals surface area contributed by atoms with Gasteiger partial charge in [-0.25, -0.2) is 0 Å². The molecule has 2 amide bonds. The number of amides is 2. The predicted molar refractivity (Wildman–Crippen MR) is 149 cm³/mol. The maximum atomic E-state index is 13.0. The fraction of sp³-hybridized carbons (Fsp3) is 0.308. The Morgan fingerprint density at radius 1 is 1.16 bits per heavy atom. The quantitative estimate of drug-likeness (QED) is 0.207. The van der Waals surface area contributed by atoms with Crippen LogP contribution in [-0.4, -0.2) is 38.9 Å². The van der Waals surface area contributed by atoms with E-state index in [1.54, 1.807) is 42.5 Å². The molecule has 0 spiro atoms. The summed E-state index contributed by atoms with van der Waals surface area (Å²) in [5, 5.41) is 15.8. The van der Waals surface area contributed by atoms with Crippen molar-refractivity contribution in [3.05, 3.63) is 76.6 Å². The Kier molecular flexibility index (Phi) is 10.4. The standard InChI is InChI=1S/C26H29Cl2N5O3S/c1-5-13-33-24(23(16(3)4)30-25(35)20-12-7-17(27)14-21(20)28)31-32-26(33)37-15-22(34)29-18-8-10-19(11-9-18)36-6-2/h5,7-12,14,16,23H,1,6,13,15H2,2-4H3,(H,29,34)(H,30,35)/t23-/m1/s1. The number of hydrogen-bond acceptors (Lipinski definition) is 6. The van der Waals surface area contributed by atoms with Crippen LogP contribution in [0.1, 0.15) is 43.0 Å². The molecule has 0 unspecified atom stereocenters. The number of allylic oxidation sites excluding steroid dienone is 1. The molecule has 0 aliphatic carbocycles. The third-order valence-corrected chi connectivity index (χ3v) is 6.76. The second-order valence-corrected chi connectivity index (χ2v) is 10.1. The van der Waals surface area contributed by atoms with Crippen LogP contribution in [0.25, 0.3) is 0 Å². The van der Waals surface area contributed by atoms with Gasteiger partial charge in [-0.15, -0.1) is 16.8 Å². The molecule has 11 heteroatoms. The first kappa shape index (κ1) is 28.6. The number of anilines is 1. The summed E-state index contributed by atoms with van der Waals surface area (Å²) in [5.74, 6) is 0.880. The van der Waals surface area contributed by atoms with Gasteiger partial charge in [0.1, 0.15) is 5.75 Å². The van der Waals surface area contributed by atoms with Crippen LogP contribution in [0.2, 0.25) is 10.0 Å². The number of rotatable bonds is 12. The van der Waals surface area contributed by atoms with Gasteiger partial charge in [0, 0.05) is 17.3 Å². The summed E-state index contributed by atoms with van der Waals surface area (Å²) in [7, 11) is 0. The van der Waals surface area contributed by atoms with E-state index in [-0.39, 0.29) is 28.5 Å². The van der Waals surface area contributed by atoms with Crippen LogP contribution in [0, 0.1) is 5.92 Å². The van der Waals surface area contributed by atoms with Crippen molar-refractivity contribution in [3.63, 3.8) is 0 Å². The summed E-state index contributed by atoms with van der Waals surface area (Å²) in [6.07, 6.45) is 1.71. The summed E-state index contributed by atoms with van der Waals surface area (Å²) in [6.45, 7) is 10.7. The zero-order valence-electron chi connectivity index (χ0n) is 20.8. The van der Waals surface area contributed by atoms with Crippen LogP contribution in [0.15, 0.2) is 60.3 Å². The summed E-state index contributed by atoms with van der Waals surface area (Å²) in [6, 6.07) is 11.4. The van der Waals surface area contributed by atoms with E-state index >= 15 is 0 Å². The van der Waals surface area contributed by atoms with Gasteiger partial charge in [0.15, 0.2) is 11.0 Å². The van der Waals surface area contributed by atoms with Crippen LogP contribution in [0.4, 0.5) is 5.69 Å². The molecule has 0 bridgehead atoms. The van der Waals surface area contributed by atoms with E-state index < -0.39 is 6.04 Å². The largest absolute Gasteiger partial charge is 0.494 e. The Balaban J connectivity index is 1.72. The van der Waals surface area contributed by atoms with Gasteiger partial charge in [0.05, 0.1) is 29.0 Å². The molecular weight excluding hydrogens is 533 g/mol. The Bertz CT molecular complexity index is 1250. The highest BCUT2D eigenvalue weighted by Gasteiger charge is 2.27. The molecule has 0 saturated carbocycles. The lowest BCUT2D eigenvalue weighted by Gasteiger charge is -2.23. The van der Waals surface area contributed by atoms with Crippen LogP contribution in [0.3, 0.4) is 0 Å². The van der Waals surface area contributed by atoms with Crippen molar-refractivity contribution in [3.8, 4) is 5.75 Å². The summed E-state index contributed by atoms with van der Waals surface area (Å²) >= 11 is 13.4. The van der Waals surface area contributed by atoms with Crippen molar-refractivity contribution < 1.29 is 14.3 Å². The molecule has 0 radical (unpaired) electrons. The molecule has 8 nitrogen and oxygen atoms in total. The third-order valence-electron chi connectivity index (χ3n) is 5.25. The molecule has 37 heavy (non-hydrogen) atoms. The number of nitrogens with zero attached hydrogens (tertiary/aromatic N) is 3. The fourth-order valence-electron chi connectivity index (χ4n) is 3.49. The van der Waals surface area contributed by atoms with E-state index in [1.807, 2.05) is 25.3 Å². The first-order chi connectivity index (χ1) is 17.7. The summed E-state index contributed by atoms with van der Waals surface area (Å²) in [5.41, 5.74) is 0.984. The van der Waals surface area contributed by atoms with Gasteiger partial charge < -0.3 is 19.9 Å². The lowest BCUT2D eigenvalue weighted by Crippen LogP contribution is -2.34. The Morgan fingerprint density at radius 3 is 2.51 bits per heavy atom. The van der Waals surface area contributed by atoms with Crippen molar-refractivity contribution in [1.82, 2.24) is 20.1 Å². The summed E-state index contributed by atoms with van der Waals surface area (Å²) in [4.78, 5) is 25.6. The van der Waals surface area contributed by atoms with Gasteiger partial charge in [0.25, 0.3) is 5.91 Å². The van der Waals surface area contributed by atoms with Crippen LogP contribution < -0.4 is 15.4 Å². The average Bonchev–Trinajstić information content (AvgIpc) is 3.24. The van der Waals surface area contributed by atoms with E-state index in [1.165, 1.54) is 17.8 Å². The van der Waals surface area contributed by atoms with Crippen molar-refractivity contribution in [2.24, 2.45) is 5.92 Å². The minimum absolute atomic E-state index is 0.0106. The van der Waals surface area contributed by atoms with Gasteiger partial charge in [0.2, 0.25) is 5.91 Å². The van der Waals surface area contributed by atoms with Crippen molar-refractivity contribution >= 4 is 52.5 Å². The molecule has 3 rings (SSSR count). The SMILES string of the molecule is C=CCn1c(SCC(=O)Nc2ccc(OCC)cc2)nnc1[C@H](NC(=O)c1ccc(Cl)cc1Cl)C(C)C. The van der Waals surface area contributed by atoms with E-state index in [0.717, 1.165) is 5.75 Å². The van der Waals surface area contributed by atoms with Crippen molar-refractivity contribution in [1.29, 1.82) is 0 Å². The van der Waals surface area contributed by atoms with Crippen LogP contribution in [-0.2, 0) is 11.3 Å². The number of benzene rings is 2. The molecule has 0 aliphatic rings. The van der Waals surface area contributed by atoms with Gasteiger partial charge in [-0.2, -0.15) is 0 Å². The number of hydrogen-bond donors (Lipinski definition) is 2. The molecular formula is C26H29Cl2N5O3S. The average molecular weight is 563 g/mol. The molecule has 2 aromatic carbocycles. The second kappa shape index (κ2) is 13.5. The van der Waals surface area contributed by atoms with Crippen molar-refractivity contribution in [2.45, 2.75) is 38.5 Å². The van der Waals surface area contributed by atoms with Gasteiger partial charge in [-0.1, -0.05) is 54.9 Å². The maximum Gasteiger partial charge on any atom is 0.253 e. The Hall–Kier alpha value is -3.01. The minimum Gasteiger partial charge on any atom is -0.494 e. The number of halogens is 2. The maximum absolute atomic E-state index is 13.0. The minimum atomic E-state index is -0.460. The van der Waals surface area contributed by atoms with Crippen LogP contribution in [0.5, 0.6) is 5.75 Å². The van der Waals surface area contributed by atoms with Crippen LogP contribution >= 0.6 is 35.0 Å². The third kappa shape index (κ3) is 7.74. The van der Waals surface area contributed by atoms with Gasteiger partial charge in [-0.05, 0) is 55.3 Å². The molecule has 2 N–H and O–H groups in total. The normalized spacial score (nSPS) is 11.7. The number of carbonyl (C=O) groups excluding carboxylic acids is 2. The molecule has 0 fully saturated rings. The first-order valence-corrected chi connectivity index (χ1v) is 13.4. The number of thioether (sulfide) groups is 1. The Morgan fingerprint density at radius 2 is 1.89 bits per heavy atom. The molecule has 0 aliphatic heterocycles. The monoisotopic (exact) mass is 561 g/mol. The molecule has 0 saturated heterocycles. The lowest BCUT2D eigenvalue weighted by molar-refractivity contribution is -0.113. The van der Waals surface area contributed by atoms with Gasteiger partial charge in [-0.3, -0.25) is 9.59 Å². The highest BCUT2D eigenvalue weighted by molar-refractivity contribution is 7.99. The number of aromatic nitrogens is 3. The molecule has 1 aromatic heterocycles. The Labute approximate surface area is 230 Å². The highest BCUT2D eigenvalue weighted by atomic mass is 35.5. The lowest BCUT2D eigenvalue weighted by atomic mass is 10.0. The fourth-order valence-corrected chi connectivity index (χ4v) is 4.74. The first-order valence-electron chi connectivity index (χ1n) is 11.7. The predicted octanol–water partition coefficient (Wildman–Crippen LogP) is 6.03. The van der Waals surface area contributed by atoms with Crippen molar-refractivity contribution in [2.75, 3.05) is 17.7 Å². The zero-order chi connectivity index (χ0) is 26.9. The topological polar surface area (TPSA) is 98.1 Å². The molecule has 1 heterocycles. The van der Waals surface area contributed by atoms with E-state index in [9.17, 15) is 9.59 Å². The molecule has 3 aromatic rings. The number of nitrogens with one attached hydrogen (secondary N) is 2.